The van der Waals surface area contributed by atoms with E-state index in [0.717, 1.165) is 19.5 Å². The molecule has 2 atom stereocenters. The number of aliphatic hydroxyl groups excluding tert-OH is 1. The number of halogens is 1. The van der Waals surface area contributed by atoms with E-state index in [4.69, 9.17) is 4.74 Å². The minimum absolute atomic E-state index is 0.198. The second-order valence-electron chi connectivity index (χ2n) is 6.28. The van der Waals surface area contributed by atoms with E-state index in [1.165, 1.54) is 12.5 Å². The normalized spacial score (nSPS) is 21.2. The highest BCUT2D eigenvalue weighted by molar-refractivity contribution is 5.16. The van der Waals surface area contributed by atoms with Crippen molar-refractivity contribution in [1.29, 1.82) is 0 Å². The second-order valence-corrected chi connectivity index (χ2v) is 6.28. The third-order valence-electron chi connectivity index (χ3n) is 4.21. The molecule has 0 bridgehead atoms. The fraction of sp³-hybridized carbons (Fsp3) is 0.647. The van der Waals surface area contributed by atoms with Gasteiger partial charge >= 0.3 is 0 Å². The van der Waals surface area contributed by atoms with Gasteiger partial charge in [-0.2, -0.15) is 0 Å². The lowest BCUT2D eigenvalue weighted by atomic mass is 10.0. The van der Waals surface area contributed by atoms with Gasteiger partial charge in [0.25, 0.3) is 0 Å². The number of likely N-dealkylation sites (tertiary alicyclic amines) is 1. The first kappa shape index (κ1) is 17.3. The van der Waals surface area contributed by atoms with Crippen molar-refractivity contribution in [3.05, 3.63) is 35.6 Å². The summed E-state index contributed by atoms with van der Waals surface area (Å²) in [5.41, 5.74) is 0.528. The van der Waals surface area contributed by atoms with Crippen molar-refractivity contribution in [2.75, 3.05) is 40.3 Å². The van der Waals surface area contributed by atoms with Gasteiger partial charge in [-0.15, -0.1) is 0 Å². The standard InChI is InChI=1S/C17H27FN2O2/c1-19(2)15-7-5-9-20(10-15)11-16(21)13-22-12-14-6-3-4-8-17(14)18/h3-4,6,8,15-16,21H,5,7,9-13H2,1-2H3. The number of hydrogen-bond donors (Lipinski definition) is 1. The van der Waals surface area contributed by atoms with Gasteiger partial charge in [-0.3, -0.25) is 4.90 Å². The monoisotopic (exact) mass is 310 g/mol. The van der Waals surface area contributed by atoms with Crippen LogP contribution in [0.2, 0.25) is 0 Å². The number of benzene rings is 1. The molecule has 0 aromatic heterocycles. The Hall–Kier alpha value is -1.01. The van der Waals surface area contributed by atoms with Gasteiger partial charge in [0.15, 0.2) is 0 Å². The lowest BCUT2D eigenvalue weighted by molar-refractivity contribution is 0.000400. The number of aliphatic hydroxyl groups is 1. The summed E-state index contributed by atoms with van der Waals surface area (Å²) in [4.78, 5) is 4.53. The van der Waals surface area contributed by atoms with Gasteiger partial charge in [0.2, 0.25) is 0 Å². The molecule has 0 aliphatic carbocycles. The molecule has 0 spiro atoms. The molecular formula is C17H27FN2O2. The molecule has 1 aromatic carbocycles. The maximum absolute atomic E-state index is 13.5. The molecule has 5 heteroatoms. The summed E-state index contributed by atoms with van der Waals surface area (Å²) in [6.07, 6.45) is 1.84. The SMILES string of the molecule is CN(C)C1CCCN(CC(O)COCc2ccccc2F)C1. The quantitative estimate of drug-likeness (QED) is 0.832. The third-order valence-corrected chi connectivity index (χ3v) is 4.21. The second kappa shape index (κ2) is 8.58. The van der Waals surface area contributed by atoms with Crippen molar-refractivity contribution in [3.63, 3.8) is 0 Å². The van der Waals surface area contributed by atoms with Gasteiger partial charge in [0.1, 0.15) is 5.82 Å². The summed E-state index contributed by atoms with van der Waals surface area (Å²) in [5, 5.41) is 10.1. The Kier molecular flexibility index (Phi) is 6.76. The predicted molar refractivity (Wildman–Crippen MR) is 85.2 cm³/mol. The average Bonchev–Trinajstić information content (AvgIpc) is 2.49. The summed E-state index contributed by atoms with van der Waals surface area (Å²) < 4.78 is 18.9. The smallest absolute Gasteiger partial charge is 0.128 e. The Morgan fingerprint density at radius 2 is 2.18 bits per heavy atom. The van der Waals surface area contributed by atoms with Crippen LogP contribution in [0.4, 0.5) is 4.39 Å². The molecule has 1 aliphatic rings. The highest BCUT2D eigenvalue weighted by atomic mass is 19.1. The van der Waals surface area contributed by atoms with Gasteiger partial charge in [0, 0.05) is 24.7 Å². The molecular weight excluding hydrogens is 283 g/mol. The summed E-state index contributed by atoms with van der Waals surface area (Å²) in [5.74, 6) is -0.262. The van der Waals surface area contributed by atoms with Crippen molar-refractivity contribution >= 4 is 0 Å². The van der Waals surface area contributed by atoms with Crippen LogP contribution in [0.5, 0.6) is 0 Å². The molecule has 0 amide bonds. The minimum atomic E-state index is -0.535. The number of β-amino-alcohol motifs (C(OH)–C–C–N with tert-alkyl or cyclic N) is 1. The lowest BCUT2D eigenvalue weighted by Crippen LogP contribution is -2.47. The van der Waals surface area contributed by atoms with E-state index < -0.39 is 6.10 Å². The summed E-state index contributed by atoms with van der Waals surface area (Å²) in [7, 11) is 4.20. The fourth-order valence-electron chi connectivity index (χ4n) is 2.89. The first-order chi connectivity index (χ1) is 10.6. The summed E-state index contributed by atoms with van der Waals surface area (Å²) >= 11 is 0. The largest absolute Gasteiger partial charge is 0.389 e. The van der Waals surface area contributed by atoms with E-state index in [9.17, 15) is 9.50 Å². The number of ether oxygens (including phenoxy) is 1. The molecule has 1 aromatic rings. The van der Waals surface area contributed by atoms with Crippen molar-refractivity contribution in [2.45, 2.75) is 31.6 Å². The lowest BCUT2D eigenvalue weighted by Gasteiger charge is -2.36. The molecule has 1 N–H and O–H groups in total. The van der Waals surface area contributed by atoms with Crippen molar-refractivity contribution in [3.8, 4) is 0 Å². The molecule has 0 saturated carbocycles. The van der Waals surface area contributed by atoms with Gasteiger partial charge < -0.3 is 14.7 Å². The molecule has 1 saturated heterocycles. The van der Waals surface area contributed by atoms with Crippen LogP contribution in [0.3, 0.4) is 0 Å². The van der Waals surface area contributed by atoms with Crippen LogP contribution in [0, 0.1) is 5.82 Å². The number of likely N-dealkylation sites (N-methyl/N-ethyl adjacent to an activating group) is 1. The number of hydrogen-bond acceptors (Lipinski definition) is 4. The number of piperidine rings is 1. The number of rotatable bonds is 7. The number of nitrogens with zero attached hydrogens (tertiary/aromatic N) is 2. The molecule has 1 aliphatic heterocycles. The Bertz CT molecular complexity index is 456. The predicted octanol–water partition coefficient (Wildman–Crippen LogP) is 1.73. The minimum Gasteiger partial charge on any atom is -0.389 e. The van der Waals surface area contributed by atoms with E-state index in [2.05, 4.69) is 23.9 Å². The average molecular weight is 310 g/mol. The Labute approximate surface area is 132 Å². The first-order valence-corrected chi connectivity index (χ1v) is 7.94. The fourth-order valence-corrected chi connectivity index (χ4v) is 2.89. The summed E-state index contributed by atoms with van der Waals surface area (Å²) in [6, 6.07) is 7.12. The van der Waals surface area contributed by atoms with Crippen LogP contribution >= 0.6 is 0 Å². The zero-order valence-corrected chi connectivity index (χ0v) is 13.5. The van der Waals surface area contributed by atoms with Gasteiger partial charge in [-0.05, 0) is 39.5 Å². The maximum atomic E-state index is 13.5. The topological polar surface area (TPSA) is 35.9 Å². The molecule has 22 heavy (non-hydrogen) atoms. The van der Waals surface area contributed by atoms with Crippen LogP contribution in [0.25, 0.3) is 0 Å². The first-order valence-electron chi connectivity index (χ1n) is 7.94. The molecule has 124 valence electrons. The molecule has 1 heterocycles. The van der Waals surface area contributed by atoms with E-state index in [0.29, 0.717) is 18.2 Å². The zero-order valence-electron chi connectivity index (χ0n) is 13.5. The van der Waals surface area contributed by atoms with Crippen LogP contribution in [0.1, 0.15) is 18.4 Å². The maximum Gasteiger partial charge on any atom is 0.128 e. The van der Waals surface area contributed by atoms with Gasteiger partial charge in [-0.25, -0.2) is 4.39 Å². The Morgan fingerprint density at radius 3 is 2.91 bits per heavy atom. The molecule has 2 unspecified atom stereocenters. The molecule has 1 fully saturated rings. The van der Waals surface area contributed by atoms with Crippen LogP contribution in [0.15, 0.2) is 24.3 Å². The van der Waals surface area contributed by atoms with E-state index >= 15 is 0 Å². The van der Waals surface area contributed by atoms with E-state index in [1.807, 2.05) is 0 Å². The molecule has 0 radical (unpaired) electrons. The van der Waals surface area contributed by atoms with Crippen molar-refractivity contribution in [2.24, 2.45) is 0 Å². The van der Waals surface area contributed by atoms with E-state index in [-0.39, 0.29) is 19.0 Å². The van der Waals surface area contributed by atoms with Gasteiger partial charge in [-0.1, -0.05) is 18.2 Å². The zero-order chi connectivity index (χ0) is 15.9. The Morgan fingerprint density at radius 1 is 1.41 bits per heavy atom. The summed E-state index contributed by atoms with van der Waals surface area (Å²) in [6.45, 7) is 3.05. The van der Waals surface area contributed by atoms with E-state index in [1.54, 1.807) is 18.2 Å². The highest BCUT2D eigenvalue weighted by Crippen LogP contribution is 2.14. The van der Waals surface area contributed by atoms with Gasteiger partial charge in [0.05, 0.1) is 19.3 Å². The van der Waals surface area contributed by atoms with Crippen LogP contribution < -0.4 is 0 Å². The molecule has 4 nitrogen and oxygen atoms in total. The van der Waals surface area contributed by atoms with Crippen molar-refractivity contribution in [1.82, 2.24) is 9.80 Å². The van der Waals surface area contributed by atoms with Crippen LogP contribution in [-0.2, 0) is 11.3 Å². The van der Waals surface area contributed by atoms with Crippen LogP contribution in [-0.4, -0.2) is 67.4 Å². The molecule has 2 rings (SSSR count). The Balaban J connectivity index is 1.69. The van der Waals surface area contributed by atoms with Crippen molar-refractivity contribution < 1.29 is 14.2 Å². The highest BCUT2D eigenvalue weighted by Gasteiger charge is 2.22. The third kappa shape index (κ3) is 5.32.